The van der Waals surface area contributed by atoms with Crippen molar-refractivity contribution in [2.45, 2.75) is 43.4 Å². The lowest BCUT2D eigenvalue weighted by atomic mass is 9.79. The van der Waals surface area contributed by atoms with Crippen molar-refractivity contribution < 1.29 is 14.3 Å². The number of hydrogen-bond donors (Lipinski definition) is 0. The third-order valence-electron chi connectivity index (χ3n) is 6.02. The topological polar surface area (TPSA) is 56.6 Å². The number of carbonyl (C=O) groups is 1. The first-order valence-electron chi connectivity index (χ1n) is 9.16. The van der Waals surface area contributed by atoms with E-state index in [9.17, 15) is 4.79 Å². The molecule has 2 aromatic rings. The highest BCUT2D eigenvalue weighted by molar-refractivity contribution is 5.95. The van der Waals surface area contributed by atoms with Crippen LogP contribution in [0.5, 0.6) is 0 Å². The number of hydrogen-bond acceptors (Lipinski definition) is 4. The summed E-state index contributed by atoms with van der Waals surface area (Å²) in [6.07, 6.45) is 7.47. The van der Waals surface area contributed by atoms with Crippen LogP contribution in [0.15, 0.2) is 42.7 Å². The van der Waals surface area contributed by atoms with Crippen LogP contribution in [0, 0.1) is 0 Å². The van der Waals surface area contributed by atoms with Crippen molar-refractivity contribution in [1.82, 2.24) is 14.7 Å². The third kappa shape index (κ3) is 2.83. The van der Waals surface area contributed by atoms with Gasteiger partial charge in [-0.15, -0.1) is 0 Å². The molecular formula is C20H25N3O3. The molecule has 26 heavy (non-hydrogen) atoms. The van der Waals surface area contributed by atoms with Crippen LogP contribution in [0.4, 0.5) is 0 Å². The molecule has 138 valence electrons. The van der Waals surface area contributed by atoms with Crippen LogP contribution in [0.25, 0.3) is 5.69 Å². The highest BCUT2D eigenvalue weighted by Crippen LogP contribution is 2.43. The van der Waals surface area contributed by atoms with E-state index in [1.807, 2.05) is 41.4 Å². The van der Waals surface area contributed by atoms with Crippen LogP contribution >= 0.6 is 0 Å². The Bertz CT molecular complexity index is 759. The van der Waals surface area contributed by atoms with E-state index in [0.29, 0.717) is 5.56 Å². The zero-order valence-corrected chi connectivity index (χ0v) is 15.3. The Balaban J connectivity index is 1.55. The Morgan fingerprint density at radius 3 is 2.69 bits per heavy atom. The van der Waals surface area contributed by atoms with Crippen molar-refractivity contribution in [3.63, 3.8) is 0 Å². The SMILES string of the molecule is CO[C@@H]1CC[C@]2(OC)CCN(C(=O)c3ccc(-n4cccn4)cc3)[C@@H]2C1. The van der Waals surface area contributed by atoms with E-state index in [1.165, 1.54) is 0 Å². The molecule has 1 saturated heterocycles. The summed E-state index contributed by atoms with van der Waals surface area (Å²) in [4.78, 5) is 15.1. The van der Waals surface area contributed by atoms with Crippen LogP contribution in [-0.2, 0) is 9.47 Å². The van der Waals surface area contributed by atoms with E-state index in [4.69, 9.17) is 9.47 Å². The van der Waals surface area contributed by atoms with E-state index in [1.54, 1.807) is 25.1 Å². The van der Waals surface area contributed by atoms with Crippen LogP contribution in [0.3, 0.4) is 0 Å². The summed E-state index contributed by atoms with van der Waals surface area (Å²) in [6.45, 7) is 0.731. The first kappa shape index (κ1) is 17.2. The quantitative estimate of drug-likeness (QED) is 0.846. The zero-order valence-electron chi connectivity index (χ0n) is 15.3. The van der Waals surface area contributed by atoms with Gasteiger partial charge >= 0.3 is 0 Å². The smallest absolute Gasteiger partial charge is 0.254 e. The number of amides is 1. The number of ether oxygens (including phenoxy) is 2. The van der Waals surface area contributed by atoms with Gasteiger partial charge in [-0.05, 0) is 56.0 Å². The van der Waals surface area contributed by atoms with Crippen LogP contribution in [0.2, 0.25) is 0 Å². The number of rotatable bonds is 4. The van der Waals surface area contributed by atoms with Crippen molar-refractivity contribution >= 4 is 5.91 Å². The Morgan fingerprint density at radius 1 is 1.23 bits per heavy atom. The lowest BCUT2D eigenvalue weighted by Crippen LogP contribution is -2.53. The van der Waals surface area contributed by atoms with Gasteiger partial charge in [0, 0.05) is 38.7 Å². The largest absolute Gasteiger partial charge is 0.381 e. The minimum absolute atomic E-state index is 0.0673. The molecule has 0 bridgehead atoms. The molecule has 0 radical (unpaired) electrons. The predicted octanol–water partition coefficient (Wildman–Crippen LogP) is 2.67. The number of methoxy groups -OCH3 is 2. The maximum atomic E-state index is 13.2. The predicted molar refractivity (Wildman–Crippen MR) is 97.4 cm³/mol. The number of likely N-dealkylation sites (tertiary alicyclic amines) is 1. The summed E-state index contributed by atoms with van der Waals surface area (Å²) < 4.78 is 13.3. The summed E-state index contributed by atoms with van der Waals surface area (Å²) in [7, 11) is 3.52. The minimum Gasteiger partial charge on any atom is -0.381 e. The van der Waals surface area contributed by atoms with E-state index in [-0.39, 0.29) is 23.7 Å². The molecule has 6 nitrogen and oxygen atoms in total. The first-order valence-corrected chi connectivity index (χ1v) is 9.16. The highest BCUT2D eigenvalue weighted by atomic mass is 16.5. The highest BCUT2D eigenvalue weighted by Gasteiger charge is 2.52. The standard InChI is InChI=1S/C20H25N3O3/c1-25-17-8-9-20(26-2)10-13-22(18(20)14-17)19(24)15-4-6-16(7-5-15)23-12-3-11-21-23/h3-7,11-12,17-18H,8-10,13-14H2,1-2H3/t17-,18-,20+/m1/s1. The molecule has 2 heterocycles. The molecule has 3 atom stereocenters. The molecule has 0 spiro atoms. The van der Waals surface area contributed by atoms with Crippen molar-refractivity contribution in [3.05, 3.63) is 48.3 Å². The molecule has 1 aliphatic carbocycles. The molecule has 1 saturated carbocycles. The fourth-order valence-electron chi connectivity index (χ4n) is 4.46. The van der Waals surface area contributed by atoms with Gasteiger partial charge in [-0.2, -0.15) is 5.10 Å². The summed E-state index contributed by atoms with van der Waals surface area (Å²) in [5.74, 6) is 0.0673. The maximum absolute atomic E-state index is 13.2. The molecule has 1 aromatic carbocycles. The van der Waals surface area contributed by atoms with Crippen LogP contribution in [-0.4, -0.2) is 59.1 Å². The number of benzene rings is 1. The third-order valence-corrected chi connectivity index (χ3v) is 6.02. The Kier molecular flexibility index (Phi) is 4.54. The Labute approximate surface area is 153 Å². The van der Waals surface area contributed by atoms with Crippen molar-refractivity contribution in [1.29, 1.82) is 0 Å². The van der Waals surface area contributed by atoms with Crippen LogP contribution in [0.1, 0.15) is 36.0 Å². The summed E-state index contributed by atoms with van der Waals surface area (Å²) >= 11 is 0. The van der Waals surface area contributed by atoms with Gasteiger partial charge in [0.2, 0.25) is 0 Å². The molecule has 1 aromatic heterocycles. The normalized spacial score (nSPS) is 28.2. The zero-order chi connectivity index (χ0) is 18.1. The molecule has 2 fully saturated rings. The van der Waals surface area contributed by atoms with Crippen molar-refractivity contribution in [2.24, 2.45) is 0 Å². The average Bonchev–Trinajstić information content (AvgIpc) is 3.35. The number of carbonyl (C=O) groups excluding carboxylic acids is 1. The van der Waals surface area contributed by atoms with Crippen molar-refractivity contribution in [2.75, 3.05) is 20.8 Å². The van der Waals surface area contributed by atoms with Gasteiger partial charge in [0.25, 0.3) is 5.91 Å². The second-order valence-electron chi connectivity index (χ2n) is 7.16. The average molecular weight is 355 g/mol. The second kappa shape index (κ2) is 6.85. The van der Waals surface area contributed by atoms with Crippen molar-refractivity contribution in [3.8, 4) is 5.69 Å². The van der Waals surface area contributed by atoms with Gasteiger partial charge in [0.15, 0.2) is 0 Å². The van der Waals surface area contributed by atoms with Gasteiger partial charge in [-0.25, -0.2) is 4.68 Å². The molecule has 0 unspecified atom stereocenters. The number of fused-ring (bicyclic) bond motifs is 1. The molecule has 0 N–H and O–H groups in total. The lowest BCUT2D eigenvalue weighted by Gasteiger charge is -2.43. The van der Waals surface area contributed by atoms with Gasteiger partial charge in [-0.1, -0.05) is 0 Å². The Hall–Kier alpha value is -2.18. The van der Waals surface area contributed by atoms with E-state index in [2.05, 4.69) is 5.10 Å². The fourth-order valence-corrected chi connectivity index (χ4v) is 4.46. The minimum atomic E-state index is -0.223. The summed E-state index contributed by atoms with van der Waals surface area (Å²) in [6, 6.07) is 9.57. The molecule has 2 aliphatic rings. The van der Waals surface area contributed by atoms with Gasteiger partial charge < -0.3 is 14.4 Å². The molecular weight excluding hydrogens is 330 g/mol. The monoisotopic (exact) mass is 355 g/mol. The number of nitrogens with zero attached hydrogens (tertiary/aromatic N) is 3. The molecule has 6 heteroatoms. The molecule has 1 amide bonds. The maximum Gasteiger partial charge on any atom is 0.254 e. The van der Waals surface area contributed by atoms with E-state index in [0.717, 1.165) is 37.9 Å². The Morgan fingerprint density at radius 2 is 2.04 bits per heavy atom. The summed E-state index contributed by atoms with van der Waals surface area (Å²) in [5.41, 5.74) is 1.42. The van der Waals surface area contributed by atoms with Gasteiger partial charge in [0.1, 0.15) is 0 Å². The summed E-state index contributed by atoms with van der Waals surface area (Å²) in [5, 5.41) is 4.22. The van der Waals surface area contributed by atoms with E-state index < -0.39 is 0 Å². The first-order chi connectivity index (χ1) is 12.7. The fraction of sp³-hybridized carbons (Fsp3) is 0.500. The van der Waals surface area contributed by atoms with E-state index >= 15 is 0 Å². The van der Waals surface area contributed by atoms with Crippen LogP contribution < -0.4 is 0 Å². The van der Waals surface area contributed by atoms with Gasteiger partial charge in [-0.3, -0.25) is 4.79 Å². The number of aromatic nitrogens is 2. The molecule has 4 rings (SSSR count). The second-order valence-corrected chi connectivity index (χ2v) is 7.16. The lowest BCUT2D eigenvalue weighted by molar-refractivity contribution is -0.0893. The van der Waals surface area contributed by atoms with Gasteiger partial charge in [0.05, 0.1) is 23.4 Å². The molecule has 1 aliphatic heterocycles.